The van der Waals surface area contributed by atoms with Crippen LogP contribution in [0.1, 0.15) is 41.6 Å². The minimum absolute atomic E-state index is 0.202. The topological polar surface area (TPSA) is 92.4 Å². The molecule has 4 N–H and O–H groups in total. The van der Waals surface area contributed by atoms with Crippen molar-refractivity contribution in [3.05, 3.63) is 29.3 Å². The Balaban J connectivity index is 1.96. The average Bonchev–Trinajstić information content (AvgIpc) is 2.39. The molecule has 0 aliphatic heterocycles. The van der Waals surface area contributed by atoms with Gasteiger partial charge in [0.2, 0.25) is 5.91 Å². The molecular formula is C15H20N2O3. The van der Waals surface area contributed by atoms with Crippen molar-refractivity contribution in [3.63, 3.8) is 0 Å². The number of rotatable bonds is 4. The fourth-order valence-corrected chi connectivity index (χ4v) is 2.75. The highest BCUT2D eigenvalue weighted by atomic mass is 16.4. The Morgan fingerprint density at radius 1 is 1.25 bits per heavy atom. The first kappa shape index (κ1) is 14.4. The van der Waals surface area contributed by atoms with E-state index in [2.05, 4.69) is 5.32 Å². The van der Waals surface area contributed by atoms with Gasteiger partial charge in [0.15, 0.2) is 0 Å². The van der Waals surface area contributed by atoms with Crippen molar-refractivity contribution in [1.29, 1.82) is 0 Å². The van der Waals surface area contributed by atoms with Crippen LogP contribution in [0.25, 0.3) is 0 Å². The minimum atomic E-state index is -0.690. The lowest BCUT2D eigenvalue weighted by Gasteiger charge is -2.27. The highest BCUT2D eigenvalue weighted by molar-refractivity contribution is 5.94. The van der Waals surface area contributed by atoms with Crippen LogP contribution in [-0.4, -0.2) is 23.0 Å². The fraction of sp³-hybridized carbons (Fsp3) is 0.467. The molecular weight excluding hydrogens is 256 g/mol. The van der Waals surface area contributed by atoms with Gasteiger partial charge in [0, 0.05) is 17.3 Å². The summed E-state index contributed by atoms with van der Waals surface area (Å²) in [5.74, 6) is -1.31. The van der Waals surface area contributed by atoms with Gasteiger partial charge < -0.3 is 16.2 Å². The molecule has 1 aromatic carbocycles. The Hall–Kier alpha value is -2.04. The van der Waals surface area contributed by atoms with Crippen molar-refractivity contribution in [3.8, 4) is 0 Å². The zero-order valence-corrected chi connectivity index (χ0v) is 11.6. The van der Waals surface area contributed by atoms with Gasteiger partial charge in [-0.3, -0.25) is 9.59 Å². The predicted octanol–water partition coefficient (Wildman–Crippen LogP) is 2.15. The first-order valence-electron chi connectivity index (χ1n) is 6.87. The molecule has 1 fully saturated rings. The molecule has 2 rings (SSSR count). The Bertz CT molecular complexity index is 520. The van der Waals surface area contributed by atoms with Crippen molar-refractivity contribution in [2.24, 2.45) is 11.7 Å². The van der Waals surface area contributed by atoms with Gasteiger partial charge in [-0.15, -0.1) is 0 Å². The Labute approximate surface area is 118 Å². The molecule has 108 valence electrons. The molecule has 1 amide bonds. The van der Waals surface area contributed by atoms with E-state index < -0.39 is 11.9 Å². The summed E-state index contributed by atoms with van der Waals surface area (Å²) in [4.78, 5) is 22.1. The van der Waals surface area contributed by atoms with Gasteiger partial charge in [0.05, 0.1) is 5.92 Å². The van der Waals surface area contributed by atoms with E-state index in [9.17, 15) is 9.59 Å². The summed E-state index contributed by atoms with van der Waals surface area (Å²) in [6.45, 7) is 1.85. The van der Waals surface area contributed by atoms with E-state index >= 15 is 0 Å². The molecule has 20 heavy (non-hydrogen) atoms. The molecule has 0 atom stereocenters. The standard InChI is InChI=1S/C15H20N2O3/c1-9-8-12(6-7-13(9)14(16)18)17-11-4-2-10(3-5-11)15(19)20/h6-8,10-11,17H,2-5H2,1H3,(H2,16,18)(H,19,20). The second-order valence-corrected chi connectivity index (χ2v) is 5.43. The summed E-state index contributed by atoms with van der Waals surface area (Å²) in [6.07, 6.45) is 3.14. The smallest absolute Gasteiger partial charge is 0.306 e. The highest BCUT2D eigenvalue weighted by Gasteiger charge is 2.25. The van der Waals surface area contributed by atoms with E-state index in [1.807, 2.05) is 19.1 Å². The summed E-state index contributed by atoms with van der Waals surface area (Å²) < 4.78 is 0. The number of carboxylic acid groups (broad SMARTS) is 1. The molecule has 0 unspecified atom stereocenters. The van der Waals surface area contributed by atoms with Gasteiger partial charge in [-0.2, -0.15) is 0 Å². The minimum Gasteiger partial charge on any atom is -0.481 e. The van der Waals surface area contributed by atoms with Gasteiger partial charge in [-0.05, 0) is 56.4 Å². The summed E-state index contributed by atoms with van der Waals surface area (Å²) in [7, 11) is 0. The number of amides is 1. The number of carboxylic acids is 1. The third-order valence-corrected chi connectivity index (χ3v) is 3.94. The van der Waals surface area contributed by atoms with Crippen LogP contribution in [0.5, 0.6) is 0 Å². The molecule has 0 heterocycles. The van der Waals surface area contributed by atoms with E-state index in [1.54, 1.807) is 6.07 Å². The maximum absolute atomic E-state index is 11.2. The van der Waals surface area contributed by atoms with Crippen molar-refractivity contribution in [2.45, 2.75) is 38.6 Å². The van der Waals surface area contributed by atoms with E-state index in [4.69, 9.17) is 10.8 Å². The van der Waals surface area contributed by atoms with Gasteiger partial charge >= 0.3 is 5.97 Å². The lowest BCUT2D eigenvalue weighted by atomic mass is 9.86. The van der Waals surface area contributed by atoms with Gasteiger partial charge in [0.1, 0.15) is 0 Å². The third kappa shape index (κ3) is 3.29. The van der Waals surface area contributed by atoms with Crippen molar-refractivity contribution >= 4 is 17.6 Å². The number of aryl methyl sites for hydroxylation is 1. The maximum atomic E-state index is 11.2. The lowest BCUT2D eigenvalue weighted by Crippen LogP contribution is -2.29. The Kier molecular flexibility index (Phi) is 4.27. The Morgan fingerprint density at radius 3 is 2.40 bits per heavy atom. The number of hydrogen-bond acceptors (Lipinski definition) is 3. The highest BCUT2D eigenvalue weighted by Crippen LogP contribution is 2.27. The quantitative estimate of drug-likeness (QED) is 0.785. The second-order valence-electron chi connectivity index (χ2n) is 5.43. The number of carbonyl (C=O) groups is 2. The van der Waals surface area contributed by atoms with Crippen LogP contribution in [-0.2, 0) is 4.79 Å². The summed E-state index contributed by atoms with van der Waals surface area (Å²) in [6, 6.07) is 5.77. The maximum Gasteiger partial charge on any atom is 0.306 e. The lowest BCUT2D eigenvalue weighted by molar-refractivity contribution is -0.142. The third-order valence-electron chi connectivity index (χ3n) is 3.94. The summed E-state index contributed by atoms with van der Waals surface area (Å²) in [5, 5.41) is 12.4. The van der Waals surface area contributed by atoms with E-state index in [0.29, 0.717) is 24.4 Å². The number of anilines is 1. The van der Waals surface area contributed by atoms with E-state index in [1.165, 1.54) is 0 Å². The average molecular weight is 276 g/mol. The molecule has 1 aliphatic carbocycles. The number of hydrogen-bond donors (Lipinski definition) is 3. The number of primary amides is 1. The molecule has 5 nitrogen and oxygen atoms in total. The monoisotopic (exact) mass is 276 g/mol. The van der Waals surface area contributed by atoms with Crippen molar-refractivity contribution in [2.75, 3.05) is 5.32 Å². The van der Waals surface area contributed by atoms with Crippen molar-refractivity contribution in [1.82, 2.24) is 0 Å². The predicted molar refractivity (Wildman–Crippen MR) is 76.7 cm³/mol. The SMILES string of the molecule is Cc1cc(NC2CCC(C(=O)O)CC2)ccc1C(N)=O. The first-order valence-corrected chi connectivity index (χ1v) is 6.87. The van der Waals surface area contributed by atoms with Crippen LogP contribution in [0.3, 0.4) is 0 Å². The van der Waals surface area contributed by atoms with Crippen LogP contribution < -0.4 is 11.1 Å². The summed E-state index contributed by atoms with van der Waals surface area (Å²) in [5.41, 5.74) is 7.61. The zero-order chi connectivity index (χ0) is 14.7. The summed E-state index contributed by atoms with van der Waals surface area (Å²) >= 11 is 0. The molecule has 1 aliphatic rings. The van der Waals surface area contributed by atoms with Crippen LogP contribution >= 0.6 is 0 Å². The molecule has 5 heteroatoms. The molecule has 1 aromatic rings. The molecule has 0 spiro atoms. The first-order chi connectivity index (χ1) is 9.47. The second kappa shape index (κ2) is 5.94. The van der Waals surface area contributed by atoms with Gasteiger partial charge in [-0.1, -0.05) is 0 Å². The van der Waals surface area contributed by atoms with Crippen LogP contribution in [0.4, 0.5) is 5.69 Å². The van der Waals surface area contributed by atoms with E-state index in [-0.39, 0.29) is 5.92 Å². The number of aliphatic carboxylic acids is 1. The van der Waals surface area contributed by atoms with Crippen LogP contribution in [0, 0.1) is 12.8 Å². The van der Waals surface area contributed by atoms with Crippen LogP contribution in [0.15, 0.2) is 18.2 Å². The Morgan fingerprint density at radius 2 is 1.90 bits per heavy atom. The van der Waals surface area contributed by atoms with Crippen molar-refractivity contribution < 1.29 is 14.7 Å². The number of nitrogens with one attached hydrogen (secondary N) is 1. The largest absolute Gasteiger partial charge is 0.481 e. The fourth-order valence-electron chi connectivity index (χ4n) is 2.75. The number of carbonyl (C=O) groups excluding carboxylic acids is 1. The number of benzene rings is 1. The number of nitrogens with two attached hydrogens (primary N) is 1. The normalized spacial score (nSPS) is 22.2. The molecule has 0 aromatic heterocycles. The molecule has 0 saturated heterocycles. The molecule has 1 saturated carbocycles. The molecule has 0 bridgehead atoms. The zero-order valence-electron chi connectivity index (χ0n) is 11.6. The van der Waals surface area contributed by atoms with Crippen LogP contribution in [0.2, 0.25) is 0 Å². The molecule has 0 radical (unpaired) electrons. The van der Waals surface area contributed by atoms with Gasteiger partial charge in [0.25, 0.3) is 0 Å². The van der Waals surface area contributed by atoms with Gasteiger partial charge in [-0.25, -0.2) is 0 Å². The van der Waals surface area contributed by atoms with E-state index in [0.717, 1.165) is 24.1 Å².